The molecule has 6 heteroatoms. The molecule has 108 valence electrons. The number of hydrogen-bond donors (Lipinski definition) is 2. The van der Waals surface area contributed by atoms with Crippen LogP contribution >= 0.6 is 23.7 Å². The Hall–Kier alpha value is -1.43. The molecule has 1 amide bonds. The second kappa shape index (κ2) is 6.83. The zero-order chi connectivity index (χ0) is 14.0. The summed E-state index contributed by atoms with van der Waals surface area (Å²) in [4.78, 5) is 17.1. The SMILES string of the molecule is Cc1ccc(-c2nc(NC(=O)[C@H](C)N)sc2C)cc1.Cl. The molecule has 1 aromatic carbocycles. The van der Waals surface area contributed by atoms with Gasteiger partial charge in [-0.3, -0.25) is 4.79 Å². The number of anilines is 1. The molecule has 0 spiro atoms. The van der Waals surface area contributed by atoms with Crippen LogP contribution in [0.1, 0.15) is 17.4 Å². The molecule has 2 aromatic rings. The van der Waals surface area contributed by atoms with Gasteiger partial charge in [-0.1, -0.05) is 29.8 Å². The Balaban J connectivity index is 0.00000200. The lowest BCUT2D eigenvalue weighted by Crippen LogP contribution is -2.32. The van der Waals surface area contributed by atoms with Gasteiger partial charge in [0.1, 0.15) is 0 Å². The maximum absolute atomic E-state index is 11.5. The quantitative estimate of drug-likeness (QED) is 0.915. The van der Waals surface area contributed by atoms with Gasteiger partial charge in [0.05, 0.1) is 11.7 Å². The molecular weight excluding hydrogens is 294 g/mol. The highest BCUT2D eigenvalue weighted by molar-refractivity contribution is 7.16. The molecule has 0 bridgehead atoms. The van der Waals surface area contributed by atoms with E-state index in [0.717, 1.165) is 16.1 Å². The van der Waals surface area contributed by atoms with Crippen molar-refractivity contribution in [2.24, 2.45) is 5.73 Å². The molecule has 1 atom stereocenters. The van der Waals surface area contributed by atoms with Crippen LogP contribution in [0.3, 0.4) is 0 Å². The fraction of sp³-hybridized carbons (Fsp3) is 0.286. The minimum absolute atomic E-state index is 0. The van der Waals surface area contributed by atoms with E-state index in [1.54, 1.807) is 6.92 Å². The number of hydrogen-bond acceptors (Lipinski definition) is 4. The van der Waals surface area contributed by atoms with E-state index in [0.29, 0.717) is 5.13 Å². The molecule has 1 aromatic heterocycles. The first-order valence-corrected chi connectivity index (χ1v) is 6.90. The summed E-state index contributed by atoms with van der Waals surface area (Å²) in [6, 6.07) is 7.64. The van der Waals surface area contributed by atoms with Gasteiger partial charge in [0, 0.05) is 10.4 Å². The fourth-order valence-corrected chi connectivity index (χ4v) is 2.49. The van der Waals surface area contributed by atoms with Crippen LogP contribution in [0.5, 0.6) is 0 Å². The third-order valence-electron chi connectivity index (χ3n) is 2.77. The van der Waals surface area contributed by atoms with E-state index in [1.807, 2.05) is 38.1 Å². The first kappa shape index (κ1) is 16.6. The highest BCUT2D eigenvalue weighted by Crippen LogP contribution is 2.30. The van der Waals surface area contributed by atoms with Crippen LogP contribution in [0.15, 0.2) is 24.3 Å². The van der Waals surface area contributed by atoms with Crippen LogP contribution in [0.4, 0.5) is 5.13 Å². The number of benzene rings is 1. The van der Waals surface area contributed by atoms with Crippen molar-refractivity contribution in [1.82, 2.24) is 4.98 Å². The number of amides is 1. The van der Waals surface area contributed by atoms with Crippen molar-refractivity contribution in [3.8, 4) is 11.3 Å². The molecular formula is C14H18ClN3OS. The summed E-state index contributed by atoms with van der Waals surface area (Å²) < 4.78 is 0. The van der Waals surface area contributed by atoms with E-state index >= 15 is 0 Å². The van der Waals surface area contributed by atoms with Crippen molar-refractivity contribution in [2.75, 3.05) is 5.32 Å². The molecule has 20 heavy (non-hydrogen) atoms. The average Bonchev–Trinajstić information content (AvgIpc) is 2.71. The third-order valence-corrected chi connectivity index (χ3v) is 3.65. The number of nitrogens with one attached hydrogen (secondary N) is 1. The number of thiazole rings is 1. The smallest absolute Gasteiger partial charge is 0.242 e. The highest BCUT2D eigenvalue weighted by atomic mass is 35.5. The van der Waals surface area contributed by atoms with Gasteiger partial charge in [-0.25, -0.2) is 4.98 Å². The summed E-state index contributed by atoms with van der Waals surface area (Å²) in [6.07, 6.45) is 0. The first-order chi connectivity index (χ1) is 8.97. The van der Waals surface area contributed by atoms with Crippen LogP contribution < -0.4 is 11.1 Å². The molecule has 0 aliphatic rings. The van der Waals surface area contributed by atoms with Crippen LogP contribution in [0.2, 0.25) is 0 Å². The van der Waals surface area contributed by atoms with Crippen molar-refractivity contribution in [2.45, 2.75) is 26.8 Å². The van der Waals surface area contributed by atoms with Crippen LogP contribution in [0, 0.1) is 13.8 Å². The van der Waals surface area contributed by atoms with Gasteiger partial charge in [-0.15, -0.1) is 23.7 Å². The van der Waals surface area contributed by atoms with Gasteiger partial charge < -0.3 is 11.1 Å². The van der Waals surface area contributed by atoms with E-state index in [-0.39, 0.29) is 18.3 Å². The predicted octanol–water partition coefficient (Wildman–Crippen LogP) is 3.13. The molecule has 3 N–H and O–H groups in total. The number of aromatic nitrogens is 1. The topological polar surface area (TPSA) is 68.0 Å². The zero-order valence-corrected chi connectivity index (χ0v) is 13.3. The largest absolute Gasteiger partial charge is 0.320 e. The minimum atomic E-state index is -0.535. The predicted molar refractivity (Wildman–Crippen MR) is 86.6 cm³/mol. The van der Waals surface area contributed by atoms with Crippen molar-refractivity contribution < 1.29 is 4.79 Å². The molecule has 0 aliphatic carbocycles. The monoisotopic (exact) mass is 311 g/mol. The molecule has 2 rings (SSSR count). The van der Waals surface area contributed by atoms with Crippen LogP contribution in [-0.2, 0) is 4.79 Å². The second-order valence-corrected chi connectivity index (χ2v) is 5.77. The molecule has 0 fully saturated rings. The lowest BCUT2D eigenvalue weighted by atomic mass is 10.1. The maximum atomic E-state index is 11.5. The molecule has 0 aliphatic heterocycles. The van der Waals surface area contributed by atoms with Crippen molar-refractivity contribution in [1.29, 1.82) is 0 Å². The minimum Gasteiger partial charge on any atom is -0.320 e. The average molecular weight is 312 g/mol. The van der Waals surface area contributed by atoms with Crippen molar-refractivity contribution in [3.05, 3.63) is 34.7 Å². The Morgan fingerprint density at radius 3 is 2.45 bits per heavy atom. The van der Waals surface area contributed by atoms with Gasteiger partial charge in [0.25, 0.3) is 0 Å². The molecule has 0 saturated heterocycles. The number of carbonyl (C=O) groups is 1. The number of carbonyl (C=O) groups excluding carboxylic acids is 1. The molecule has 0 radical (unpaired) electrons. The molecule has 4 nitrogen and oxygen atoms in total. The third kappa shape index (κ3) is 3.79. The number of rotatable bonds is 3. The van der Waals surface area contributed by atoms with Gasteiger partial charge in [-0.05, 0) is 20.8 Å². The first-order valence-electron chi connectivity index (χ1n) is 6.08. The lowest BCUT2D eigenvalue weighted by molar-refractivity contribution is -0.117. The van der Waals surface area contributed by atoms with Gasteiger partial charge in [0.15, 0.2) is 5.13 Å². The highest BCUT2D eigenvalue weighted by Gasteiger charge is 2.13. The summed E-state index contributed by atoms with van der Waals surface area (Å²) in [5, 5.41) is 3.32. The van der Waals surface area contributed by atoms with E-state index in [9.17, 15) is 4.79 Å². The Labute approximate surface area is 128 Å². The van der Waals surface area contributed by atoms with Gasteiger partial charge in [0.2, 0.25) is 5.91 Å². The van der Waals surface area contributed by atoms with E-state index in [2.05, 4.69) is 10.3 Å². The van der Waals surface area contributed by atoms with Crippen LogP contribution in [-0.4, -0.2) is 16.9 Å². The second-order valence-electron chi connectivity index (χ2n) is 4.57. The van der Waals surface area contributed by atoms with Crippen molar-refractivity contribution >= 4 is 34.8 Å². The van der Waals surface area contributed by atoms with E-state index < -0.39 is 6.04 Å². The normalized spacial score (nSPS) is 11.6. The van der Waals surface area contributed by atoms with Gasteiger partial charge in [-0.2, -0.15) is 0 Å². The molecule has 0 unspecified atom stereocenters. The van der Waals surface area contributed by atoms with E-state index in [1.165, 1.54) is 16.9 Å². The number of nitrogens with zero attached hydrogens (tertiary/aromatic N) is 1. The molecule has 0 saturated carbocycles. The Morgan fingerprint density at radius 2 is 1.90 bits per heavy atom. The van der Waals surface area contributed by atoms with Crippen LogP contribution in [0.25, 0.3) is 11.3 Å². The number of halogens is 1. The van der Waals surface area contributed by atoms with Crippen molar-refractivity contribution in [3.63, 3.8) is 0 Å². The van der Waals surface area contributed by atoms with Gasteiger partial charge >= 0.3 is 0 Å². The summed E-state index contributed by atoms with van der Waals surface area (Å²) in [7, 11) is 0. The lowest BCUT2D eigenvalue weighted by Gasteiger charge is -2.03. The summed E-state index contributed by atoms with van der Waals surface area (Å²) in [5.74, 6) is -0.218. The summed E-state index contributed by atoms with van der Waals surface area (Å²) >= 11 is 1.46. The summed E-state index contributed by atoms with van der Waals surface area (Å²) in [6.45, 7) is 5.69. The standard InChI is InChI=1S/C14H17N3OS.ClH/c1-8-4-6-11(7-5-8)12-10(3)19-14(16-12)17-13(18)9(2)15;/h4-7,9H,15H2,1-3H3,(H,16,17,18);1H/t9-;/m0./s1. The van der Waals surface area contributed by atoms with E-state index in [4.69, 9.17) is 5.73 Å². The Morgan fingerprint density at radius 1 is 1.30 bits per heavy atom. The maximum Gasteiger partial charge on any atom is 0.242 e. The summed E-state index contributed by atoms with van der Waals surface area (Å²) in [5.41, 5.74) is 8.70. The Kier molecular flexibility index (Phi) is 5.68. The number of aryl methyl sites for hydroxylation is 2. The fourth-order valence-electron chi connectivity index (χ4n) is 1.65. The molecule has 1 heterocycles. The zero-order valence-electron chi connectivity index (χ0n) is 11.6. The number of nitrogens with two attached hydrogens (primary N) is 1. The Bertz CT molecular complexity index is 593.